The van der Waals surface area contributed by atoms with Gasteiger partial charge in [-0.3, -0.25) is 9.59 Å². The Kier molecular flexibility index (Phi) is 5.91. The summed E-state index contributed by atoms with van der Waals surface area (Å²) in [6.45, 7) is 1.77. The summed E-state index contributed by atoms with van der Waals surface area (Å²) in [6, 6.07) is 7.68. The zero-order chi connectivity index (χ0) is 17.6. The molecule has 1 N–H and O–H groups in total. The second-order valence-corrected chi connectivity index (χ2v) is 6.71. The van der Waals surface area contributed by atoms with Crippen LogP contribution in [0.2, 0.25) is 0 Å². The molecule has 6 heteroatoms. The van der Waals surface area contributed by atoms with Crippen molar-refractivity contribution in [2.24, 2.45) is 5.92 Å². The summed E-state index contributed by atoms with van der Waals surface area (Å²) < 4.78 is 11.1. The minimum absolute atomic E-state index is 0.0114. The zero-order valence-corrected chi connectivity index (χ0v) is 14.7. The average molecular weight is 346 g/mol. The number of hydrogen-bond acceptors (Lipinski definition) is 4. The van der Waals surface area contributed by atoms with E-state index < -0.39 is 0 Å². The standard InChI is InChI=1S/C19H26N2O4/c1-24-17-7-3-2-5-15(17)12-21(13-16-6-4-10-25-16)18(22)11-20-19(23)14-8-9-14/h2-3,5,7,14,16H,4,6,8-13H2,1H3,(H,20,23)/t16-/m1/s1. The van der Waals surface area contributed by atoms with Crippen molar-refractivity contribution < 1.29 is 19.1 Å². The van der Waals surface area contributed by atoms with Gasteiger partial charge in [0.15, 0.2) is 0 Å². The molecule has 6 nitrogen and oxygen atoms in total. The van der Waals surface area contributed by atoms with Crippen molar-refractivity contribution in [3.8, 4) is 5.75 Å². The highest BCUT2D eigenvalue weighted by Crippen LogP contribution is 2.28. The fourth-order valence-corrected chi connectivity index (χ4v) is 3.09. The Morgan fingerprint density at radius 2 is 2.08 bits per heavy atom. The van der Waals surface area contributed by atoms with E-state index in [1.54, 1.807) is 12.0 Å². The maximum absolute atomic E-state index is 12.7. The molecule has 0 unspecified atom stereocenters. The first-order chi connectivity index (χ1) is 12.2. The molecule has 0 radical (unpaired) electrons. The predicted octanol–water partition coefficient (Wildman–Crippen LogP) is 1.73. The fourth-order valence-electron chi connectivity index (χ4n) is 3.09. The van der Waals surface area contributed by atoms with Crippen LogP contribution < -0.4 is 10.1 Å². The SMILES string of the molecule is COc1ccccc1CN(C[C@H]1CCCO1)C(=O)CNC(=O)C1CC1. The molecule has 25 heavy (non-hydrogen) atoms. The first kappa shape index (κ1) is 17.7. The Bertz CT molecular complexity index is 609. The normalized spacial score (nSPS) is 19.5. The Hall–Kier alpha value is -2.08. The predicted molar refractivity (Wildman–Crippen MR) is 93.1 cm³/mol. The summed E-state index contributed by atoms with van der Waals surface area (Å²) in [5.74, 6) is 0.765. The van der Waals surface area contributed by atoms with Gasteiger partial charge in [-0.1, -0.05) is 18.2 Å². The molecule has 2 amide bonds. The van der Waals surface area contributed by atoms with Crippen LogP contribution in [0.25, 0.3) is 0 Å². The maximum atomic E-state index is 12.7. The largest absolute Gasteiger partial charge is 0.496 e. The van der Waals surface area contributed by atoms with Crippen LogP contribution in [-0.4, -0.2) is 49.6 Å². The van der Waals surface area contributed by atoms with Crippen molar-refractivity contribution in [1.82, 2.24) is 10.2 Å². The summed E-state index contributed by atoms with van der Waals surface area (Å²) in [6.07, 6.45) is 3.92. The van der Waals surface area contributed by atoms with Gasteiger partial charge in [-0.2, -0.15) is 0 Å². The highest BCUT2D eigenvalue weighted by Gasteiger charge is 2.30. The lowest BCUT2D eigenvalue weighted by atomic mass is 10.1. The lowest BCUT2D eigenvalue weighted by Crippen LogP contribution is -2.43. The number of methoxy groups -OCH3 is 1. The summed E-state index contributed by atoms with van der Waals surface area (Å²) in [5.41, 5.74) is 0.949. The second-order valence-electron chi connectivity index (χ2n) is 6.71. The smallest absolute Gasteiger partial charge is 0.242 e. The lowest BCUT2D eigenvalue weighted by molar-refractivity contribution is -0.135. The molecule has 1 atom stereocenters. The van der Waals surface area contributed by atoms with Gasteiger partial charge < -0.3 is 19.7 Å². The molecule has 1 aromatic rings. The molecule has 2 fully saturated rings. The number of ether oxygens (including phenoxy) is 2. The Morgan fingerprint density at radius 1 is 1.28 bits per heavy atom. The third kappa shape index (κ3) is 4.95. The van der Waals surface area contributed by atoms with Crippen molar-refractivity contribution in [1.29, 1.82) is 0 Å². The third-order valence-electron chi connectivity index (χ3n) is 4.72. The van der Waals surface area contributed by atoms with Crippen LogP contribution in [0.1, 0.15) is 31.2 Å². The van der Waals surface area contributed by atoms with Crippen molar-refractivity contribution in [2.75, 3.05) is 26.8 Å². The molecule has 0 bridgehead atoms. The van der Waals surface area contributed by atoms with E-state index in [0.717, 1.165) is 43.6 Å². The number of para-hydroxylation sites is 1. The molecule has 1 heterocycles. The lowest BCUT2D eigenvalue weighted by Gasteiger charge is -2.26. The molecule has 1 saturated heterocycles. The van der Waals surface area contributed by atoms with Gasteiger partial charge in [0.05, 0.1) is 19.8 Å². The maximum Gasteiger partial charge on any atom is 0.242 e. The van der Waals surface area contributed by atoms with Gasteiger partial charge in [-0.05, 0) is 31.7 Å². The van der Waals surface area contributed by atoms with Gasteiger partial charge in [0.1, 0.15) is 5.75 Å². The molecular weight excluding hydrogens is 320 g/mol. The molecule has 0 aromatic heterocycles. The van der Waals surface area contributed by atoms with E-state index in [1.807, 2.05) is 24.3 Å². The van der Waals surface area contributed by atoms with E-state index in [2.05, 4.69) is 5.32 Å². The monoisotopic (exact) mass is 346 g/mol. The Balaban J connectivity index is 1.64. The van der Waals surface area contributed by atoms with E-state index in [-0.39, 0.29) is 30.4 Å². The van der Waals surface area contributed by atoms with Crippen LogP contribution in [0, 0.1) is 5.92 Å². The number of amides is 2. The van der Waals surface area contributed by atoms with Gasteiger partial charge in [-0.15, -0.1) is 0 Å². The van der Waals surface area contributed by atoms with Gasteiger partial charge in [0, 0.05) is 31.2 Å². The Morgan fingerprint density at radius 3 is 2.76 bits per heavy atom. The van der Waals surface area contributed by atoms with Gasteiger partial charge >= 0.3 is 0 Å². The number of hydrogen-bond donors (Lipinski definition) is 1. The van der Waals surface area contributed by atoms with Crippen molar-refractivity contribution in [3.63, 3.8) is 0 Å². The van der Waals surface area contributed by atoms with E-state index in [0.29, 0.717) is 13.1 Å². The molecule has 3 rings (SSSR count). The highest BCUT2D eigenvalue weighted by atomic mass is 16.5. The van der Waals surface area contributed by atoms with E-state index in [9.17, 15) is 9.59 Å². The fraction of sp³-hybridized carbons (Fsp3) is 0.579. The third-order valence-corrected chi connectivity index (χ3v) is 4.72. The van der Waals surface area contributed by atoms with Gasteiger partial charge in [0.2, 0.25) is 11.8 Å². The van der Waals surface area contributed by atoms with Crippen LogP contribution in [0.4, 0.5) is 0 Å². The molecule has 1 aromatic carbocycles. The second kappa shape index (κ2) is 8.34. The first-order valence-corrected chi connectivity index (χ1v) is 8.96. The molecule has 1 aliphatic carbocycles. The first-order valence-electron chi connectivity index (χ1n) is 8.96. The number of nitrogens with zero attached hydrogens (tertiary/aromatic N) is 1. The van der Waals surface area contributed by atoms with Gasteiger partial charge in [0.25, 0.3) is 0 Å². The zero-order valence-electron chi connectivity index (χ0n) is 14.7. The minimum atomic E-state index is -0.0876. The molecule has 1 aliphatic heterocycles. The number of carbonyl (C=O) groups is 2. The molecule has 1 saturated carbocycles. The topological polar surface area (TPSA) is 67.9 Å². The molecular formula is C19H26N2O4. The van der Waals surface area contributed by atoms with Crippen molar-refractivity contribution in [3.05, 3.63) is 29.8 Å². The van der Waals surface area contributed by atoms with Crippen molar-refractivity contribution >= 4 is 11.8 Å². The van der Waals surface area contributed by atoms with E-state index >= 15 is 0 Å². The van der Waals surface area contributed by atoms with E-state index in [4.69, 9.17) is 9.47 Å². The van der Waals surface area contributed by atoms with Crippen LogP contribution >= 0.6 is 0 Å². The van der Waals surface area contributed by atoms with Crippen LogP contribution in [0.5, 0.6) is 5.75 Å². The number of benzene rings is 1. The molecule has 136 valence electrons. The highest BCUT2D eigenvalue weighted by molar-refractivity contribution is 5.87. The molecule has 0 spiro atoms. The number of rotatable bonds is 8. The molecule has 2 aliphatic rings. The van der Waals surface area contributed by atoms with Crippen LogP contribution in [0.15, 0.2) is 24.3 Å². The summed E-state index contributed by atoms with van der Waals surface area (Å²) in [5, 5.41) is 2.76. The summed E-state index contributed by atoms with van der Waals surface area (Å²) >= 11 is 0. The van der Waals surface area contributed by atoms with E-state index in [1.165, 1.54) is 0 Å². The van der Waals surface area contributed by atoms with Crippen molar-refractivity contribution in [2.45, 2.75) is 38.3 Å². The van der Waals surface area contributed by atoms with Crippen LogP contribution in [0.3, 0.4) is 0 Å². The number of nitrogens with one attached hydrogen (secondary N) is 1. The van der Waals surface area contributed by atoms with Crippen LogP contribution in [-0.2, 0) is 20.9 Å². The minimum Gasteiger partial charge on any atom is -0.496 e. The summed E-state index contributed by atoms with van der Waals surface area (Å²) in [7, 11) is 1.63. The van der Waals surface area contributed by atoms with Gasteiger partial charge in [-0.25, -0.2) is 0 Å². The number of carbonyl (C=O) groups excluding carboxylic acids is 2. The summed E-state index contributed by atoms with van der Waals surface area (Å²) in [4.78, 5) is 26.3. The quantitative estimate of drug-likeness (QED) is 0.778. The average Bonchev–Trinajstić information content (AvgIpc) is 3.36. The Labute approximate surface area is 148 Å².